The second-order valence-corrected chi connectivity index (χ2v) is 3.09. The lowest BCUT2D eigenvalue weighted by Gasteiger charge is -2.10. The maximum absolute atomic E-state index is 12.9. The highest BCUT2D eigenvalue weighted by molar-refractivity contribution is 5.96. The Morgan fingerprint density at radius 2 is 2.27 bits per heavy atom. The van der Waals surface area contributed by atoms with Crippen molar-refractivity contribution in [2.24, 2.45) is 0 Å². The maximum atomic E-state index is 12.9. The van der Waals surface area contributed by atoms with Gasteiger partial charge < -0.3 is 4.74 Å². The lowest BCUT2D eigenvalue weighted by molar-refractivity contribution is 0.101. The molecule has 0 amide bonds. The Balaban J connectivity index is 3.07. The van der Waals surface area contributed by atoms with Crippen LogP contribution in [0.2, 0.25) is 0 Å². The molecule has 0 aromatic heterocycles. The standard InChI is InChI=1S/C11H10FNO2/c1-7(6-13)15-11-4-3-9(12)5-10(11)8(2)14/h3-5,7H,1-2H3. The number of nitriles is 1. The molecule has 1 aromatic rings. The molecule has 4 heteroatoms. The van der Waals surface area contributed by atoms with E-state index < -0.39 is 11.9 Å². The first-order valence-electron chi connectivity index (χ1n) is 4.41. The lowest BCUT2D eigenvalue weighted by atomic mass is 10.1. The van der Waals surface area contributed by atoms with Crippen LogP contribution in [0.25, 0.3) is 0 Å². The largest absolute Gasteiger partial charge is 0.475 e. The molecule has 0 fully saturated rings. The van der Waals surface area contributed by atoms with Crippen LogP contribution in [0.4, 0.5) is 4.39 Å². The van der Waals surface area contributed by atoms with Crippen LogP contribution >= 0.6 is 0 Å². The highest BCUT2D eigenvalue weighted by Crippen LogP contribution is 2.21. The van der Waals surface area contributed by atoms with Gasteiger partial charge in [0.1, 0.15) is 17.6 Å². The summed E-state index contributed by atoms with van der Waals surface area (Å²) in [7, 11) is 0. The average Bonchev–Trinajstić information content (AvgIpc) is 2.20. The van der Waals surface area contributed by atoms with Crippen LogP contribution in [-0.4, -0.2) is 11.9 Å². The number of carbonyl (C=O) groups is 1. The van der Waals surface area contributed by atoms with Crippen molar-refractivity contribution in [1.82, 2.24) is 0 Å². The van der Waals surface area contributed by atoms with E-state index in [1.54, 1.807) is 6.92 Å². The molecule has 1 atom stereocenters. The van der Waals surface area contributed by atoms with Gasteiger partial charge in [0.05, 0.1) is 5.56 Å². The first kappa shape index (κ1) is 11.2. The van der Waals surface area contributed by atoms with Crippen LogP contribution in [0.15, 0.2) is 18.2 Å². The van der Waals surface area contributed by atoms with E-state index in [0.29, 0.717) is 0 Å². The van der Waals surface area contributed by atoms with E-state index >= 15 is 0 Å². The van der Waals surface area contributed by atoms with Crippen molar-refractivity contribution in [2.45, 2.75) is 20.0 Å². The summed E-state index contributed by atoms with van der Waals surface area (Å²) in [4.78, 5) is 11.2. The predicted octanol–water partition coefficient (Wildman–Crippen LogP) is 2.32. The molecule has 0 heterocycles. The van der Waals surface area contributed by atoms with Gasteiger partial charge in [-0.25, -0.2) is 4.39 Å². The van der Waals surface area contributed by atoms with Crippen molar-refractivity contribution < 1.29 is 13.9 Å². The molecule has 0 saturated heterocycles. The van der Waals surface area contributed by atoms with Crippen LogP contribution < -0.4 is 4.74 Å². The Labute approximate surface area is 87.1 Å². The average molecular weight is 207 g/mol. The summed E-state index contributed by atoms with van der Waals surface area (Å²) in [6, 6.07) is 5.50. The Bertz CT molecular complexity index is 423. The summed E-state index contributed by atoms with van der Waals surface area (Å²) in [6.45, 7) is 2.87. The topological polar surface area (TPSA) is 50.1 Å². The number of carbonyl (C=O) groups excluding carboxylic acids is 1. The molecule has 78 valence electrons. The summed E-state index contributed by atoms with van der Waals surface area (Å²) in [6.07, 6.45) is -0.673. The maximum Gasteiger partial charge on any atom is 0.181 e. The molecular formula is C11H10FNO2. The lowest BCUT2D eigenvalue weighted by Crippen LogP contribution is -2.11. The molecular weight excluding hydrogens is 197 g/mol. The van der Waals surface area contributed by atoms with Gasteiger partial charge in [0.25, 0.3) is 0 Å². The first-order valence-corrected chi connectivity index (χ1v) is 4.41. The summed E-state index contributed by atoms with van der Waals surface area (Å²) in [5, 5.41) is 8.55. The van der Waals surface area contributed by atoms with Crippen molar-refractivity contribution >= 4 is 5.78 Å². The molecule has 0 aliphatic heterocycles. The number of hydrogen-bond acceptors (Lipinski definition) is 3. The van der Waals surface area contributed by atoms with E-state index in [0.717, 1.165) is 6.07 Å². The van der Waals surface area contributed by atoms with Crippen molar-refractivity contribution in [3.8, 4) is 11.8 Å². The molecule has 15 heavy (non-hydrogen) atoms. The third kappa shape index (κ3) is 2.78. The third-order valence-corrected chi connectivity index (χ3v) is 1.81. The number of halogens is 1. The minimum absolute atomic E-state index is 0.150. The van der Waals surface area contributed by atoms with Gasteiger partial charge in [-0.2, -0.15) is 5.26 Å². The zero-order valence-electron chi connectivity index (χ0n) is 8.45. The number of benzene rings is 1. The number of hydrogen-bond donors (Lipinski definition) is 0. The minimum atomic E-state index is -0.673. The van der Waals surface area contributed by atoms with E-state index in [9.17, 15) is 9.18 Å². The number of nitrogens with zero attached hydrogens (tertiary/aromatic N) is 1. The monoisotopic (exact) mass is 207 g/mol. The smallest absolute Gasteiger partial charge is 0.181 e. The van der Waals surface area contributed by atoms with Gasteiger partial charge in [-0.05, 0) is 32.0 Å². The van der Waals surface area contributed by atoms with Crippen LogP contribution in [0, 0.1) is 17.1 Å². The van der Waals surface area contributed by atoms with E-state index in [2.05, 4.69) is 0 Å². The van der Waals surface area contributed by atoms with Gasteiger partial charge >= 0.3 is 0 Å². The van der Waals surface area contributed by atoms with E-state index in [1.165, 1.54) is 19.1 Å². The molecule has 1 aromatic carbocycles. The molecule has 0 saturated carbocycles. The van der Waals surface area contributed by atoms with E-state index in [-0.39, 0.29) is 17.1 Å². The Kier molecular flexibility index (Phi) is 3.40. The Hall–Kier alpha value is -1.89. The van der Waals surface area contributed by atoms with Crippen molar-refractivity contribution in [3.63, 3.8) is 0 Å². The highest BCUT2D eigenvalue weighted by Gasteiger charge is 2.12. The zero-order valence-corrected chi connectivity index (χ0v) is 8.45. The van der Waals surface area contributed by atoms with E-state index in [4.69, 9.17) is 10.00 Å². The summed E-state index contributed by atoms with van der Waals surface area (Å²) >= 11 is 0. The normalized spacial score (nSPS) is 11.6. The summed E-state index contributed by atoms with van der Waals surface area (Å²) in [5.41, 5.74) is 0.150. The van der Waals surface area contributed by atoms with Crippen molar-refractivity contribution in [1.29, 1.82) is 5.26 Å². The van der Waals surface area contributed by atoms with Gasteiger partial charge in [-0.3, -0.25) is 4.79 Å². The van der Waals surface area contributed by atoms with Gasteiger partial charge in [0.2, 0.25) is 0 Å². The fourth-order valence-corrected chi connectivity index (χ4v) is 1.10. The van der Waals surface area contributed by atoms with Crippen LogP contribution in [0.5, 0.6) is 5.75 Å². The highest BCUT2D eigenvalue weighted by atomic mass is 19.1. The van der Waals surface area contributed by atoms with Crippen molar-refractivity contribution in [2.75, 3.05) is 0 Å². The van der Waals surface area contributed by atoms with Gasteiger partial charge in [0.15, 0.2) is 11.9 Å². The first-order chi connectivity index (χ1) is 7.04. The Morgan fingerprint density at radius 1 is 1.60 bits per heavy atom. The number of rotatable bonds is 3. The molecule has 1 rings (SSSR count). The summed E-state index contributed by atoms with van der Waals surface area (Å²) in [5.74, 6) is -0.565. The number of ether oxygens (including phenoxy) is 1. The molecule has 1 unspecified atom stereocenters. The number of Topliss-reactive ketones (excluding diaryl/α,β-unsaturated/α-hetero) is 1. The second-order valence-electron chi connectivity index (χ2n) is 3.09. The third-order valence-electron chi connectivity index (χ3n) is 1.81. The van der Waals surface area contributed by atoms with Crippen LogP contribution in [0.1, 0.15) is 24.2 Å². The predicted molar refractivity (Wildman–Crippen MR) is 52.1 cm³/mol. The molecule has 0 radical (unpaired) electrons. The summed E-state index contributed by atoms with van der Waals surface area (Å²) < 4.78 is 18.0. The molecule has 0 bridgehead atoms. The van der Waals surface area contributed by atoms with Crippen LogP contribution in [0.3, 0.4) is 0 Å². The van der Waals surface area contributed by atoms with Crippen molar-refractivity contribution in [3.05, 3.63) is 29.6 Å². The zero-order chi connectivity index (χ0) is 11.4. The fourth-order valence-electron chi connectivity index (χ4n) is 1.10. The molecule has 0 aliphatic rings. The van der Waals surface area contributed by atoms with Crippen LogP contribution in [-0.2, 0) is 0 Å². The number of ketones is 1. The molecule has 0 aliphatic carbocycles. The molecule has 3 nitrogen and oxygen atoms in total. The molecule has 0 N–H and O–H groups in total. The SMILES string of the molecule is CC(=O)c1cc(F)ccc1OC(C)C#N. The quantitative estimate of drug-likeness (QED) is 0.714. The Morgan fingerprint density at radius 3 is 2.80 bits per heavy atom. The van der Waals surface area contributed by atoms with E-state index in [1.807, 2.05) is 6.07 Å². The van der Waals surface area contributed by atoms with Gasteiger partial charge in [-0.1, -0.05) is 0 Å². The van der Waals surface area contributed by atoms with Gasteiger partial charge in [-0.15, -0.1) is 0 Å². The van der Waals surface area contributed by atoms with Gasteiger partial charge in [0, 0.05) is 0 Å². The minimum Gasteiger partial charge on any atom is -0.475 e. The fraction of sp³-hybridized carbons (Fsp3) is 0.273. The second kappa shape index (κ2) is 4.56. The molecule has 0 spiro atoms.